The summed E-state index contributed by atoms with van der Waals surface area (Å²) >= 11 is 0. The molecule has 0 bridgehead atoms. The van der Waals surface area contributed by atoms with E-state index in [1.165, 1.54) is 51.4 Å². The molecule has 134 valence electrons. The molecule has 4 heteroatoms. The summed E-state index contributed by atoms with van der Waals surface area (Å²) in [6.07, 6.45) is 10.2. The van der Waals surface area contributed by atoms with Gasteiger partial charge in [0.15, 0.2) is 0 Å². The Balaban J connectivity index is 1.87. The largest absolute Gasteiger partial charge is 0.444 e. The lowest BCUT2D eigenvalue weighted by Crippen LogP contribution is -2.51. The second-order valence-corrected chi connectivity index (χ2v) is 8.57. The van der Waals surface area contributed by atoms with Crippen LogP contribution in [0.4, 0.5) is 4.79 Å². The van der Waals surface area contributed by atoms with Crippen molar-refractivity contribution in [3.63, 3.8) is 0 Å². The number of hydrogen-bond donors (Lipinski definition) is 2. The molecule has 2 rings (SSSR count). The van der Waals surface area contributed by atoms with Gasteiger partial charge in [-0.15, -0.1) is 0 Å². The number of amides is 1. The maximum absolute atomic E-state index is 12.0. The molecule has 0 aromatic rings. The van der Waals surface area contributed by atoms with E-state index in [0.717, 1.165) is 5.92 Å². The fraction of sp³-hybridized carbons (Fsp3) is 0.947. The quantitative estimate of drug-likeness (QED) is 0.795. The molecule has 0 saturated heterocycles. The van der Waals surface area contributed by atoms with Gasteiger partial charge in [-0.2, -0.15) is 0 Å². The first-order valence-corrected chi connectivity index (χ1v) is 9.58. The van der Waals surface area contributed by atoms with Crippen LogP contribution in [0.5, 0.6) is 0 Å². The highest BCUT2D eigenvalue weighted by Crippen LogP contribution is 2.30. The smallest absolute Gasteiger partial charge is 0.407 e. The Bertz CT molecular complexity index is 372. The summed E-state index contributed by atoms with van der Waals surface area (Å²) < 4.78 is 5.38. The lowest BCUT2D eigenvalue weighted by Gasteiger charge is -2.36. The average molecular weight is 325 g/mol. The summed E-state index contributed by atoms with van der Waals surface area (Å²) in [4.78, 5) is 12.0. The minimum absolute atomic E-state index is 0.293. The fourth-order valence-electron chi connectivity index (χ4n) is 4.07. The van der Waals surface area contributed by atoms with Gasteiger partial charge in [0.2, 0.25) is 0 Å². The minimum atomic E-state index is -0.432. The zero-order chi connectivity index (χ0) is 16.9. The third-order valence-electron chi connectivity index (χ3n) is 5.37. The summed E-state index contributed by atoms with van der Waals surface area (Å²) in [6, 6.07) is 0.991. The Morgan fingerprint density at radius 1 is 1.09 bits per heavy atom. The molecule has 2 saturated carbocycles. The second-order valence-electron chi connectivity index (χ2n) is 8.57. The first-order valence-electron chi connectivity index (χ1n) is 9.58. The molecule has 0 heterocycles. The Morgan fingerprint density at radius 2 is 1.70 bits per heavy atom. The molecule has 0 spiro atoms. The van der Waals surface area contributed by atoms with Gasteiger partial charge in [-0.25, -0.2) is 4.79 Å². The van der Waals surface area contributed by atoms with Crippen molar-refractivity contribution >= 4 is 6.09 Å². The summed E-state index contributed by atoms with van der Waals surface area (Å²) in [5, 5.41) is 6.89. The number of ether oxygens (including phenoxy) is 1. The van der Waals surface area contributed by atoms with Crippen LogP contribution in [0.25, 0.3) is 0 Å². The minimum Gasteiger partial charge on any atom is -0.444 e. The van der Waals surface area contributed by atoms with Crippen molar-refractivity contribution in [3.05, 3.63) is 0 Å². The van der Waals surface area contributed by atoms with Gasteiger partial charge in [0.25, 0.3) is 0 Å². The molecule has 0 aliphatic heterocycles. The number of nitrogens with one attached hydrogen (secondary N) is 2. The summed E-state index contributed by atoms with van der Waals surface area (Å²) in [5.74, 6) is 1.44. The third kappa shape index (κ3) is 6.33. The van der Waals surface area contributed by atoms with Crippen LogP contribution >= 0.6 is 0 Å². The highest BCUT2D eigenvalue weighted by molar-refractivity contribution is 5.67. The number of carbonyl (C=O) groups excluding carboxylic acids is 1. The van der Waals surface area contributed by atoms with Crippen LogP contribution in [0.15, 0.2) is 0 Å². The highest BCUT2D eigenvalue weighted by Gasteiger charge is 2.30. The molecule has 0 aromatic heterocycles. The van der Waals surface area contributed by atoms with E-state index < -0.39 is 5.60 Å². The van der Waals surface area contributed by atoms with E-state index >= 15 is 0 Å². The number of hydrogen-bond acceptors (Lipinski definition) is 3. The Morgan fingerprint density at radius 3 is 2.30 bits per heavy atom. The number of rotatable bonds is 5. The van der Waals surface area contributed by atoms with E-state index in [0.29, 0.717) is 24.5 Å². The van der Waals surface area contributed by atoms with Crippen molar-refractivity contribution in [2.24, 2.45) is 11.8 Å². The van der Waals surface area contributed by atoms with Crippen molar-refractivity contribution in [1.29, 1.82) is 0 Å². The van der Waals surface area contributed by atoms with E-state index in [4.69, 9.17) is 4.74 Å². The predicted octanol–water partition coefficient (Wildman–Crippen LogP) is 4.24. The first-order chi connectivity index (χ1) is 10.8. The molecule has 0 radical (unpaired) electrons. The molecule has 3 unspecified atom stereocenters. The normalized spacial score (nSPS) is 27.7. The Labute approximate surface area is 142 Å². The molecule has 3 atom stereocenters. The van der Waals surface area contributed by atoms with Gasteiger partial charge >= 0.3 is 6.09 Å². The zero-order valence-electron chi connectivity index (χ0n) is 15.5. The topological polar surface area (TPSA) is 50.4 Å². The van der Waals surface area contributed by atoms with E-state index in [1.807, 2.05) is 20.8 Å². The summed E-state index contributed by atoms with van der Waals surface area (Å²) in [6.45, 7) is 8.77. The van der Waals surface area contributed by atoms with Crippen molar-refractivity contribution in [2.45, 2.75) is 96.7 Å². The lowest BCUT2D eigenvalue weighted by atomic mass is 9.84. The molecular weight excluding hydrogens is 288 g/mol. The predicted molar refractivity (Wildman–Crippen MR) is 94.5 cm³/mol. The third-order valence-corrected chi connectivity index (χ3v) is 5.37. The van der Waals surface area contributed by atoms with Crippen LogP contribution in [0.1, 0.15) is 79.1 Å². The molecule has 4 nitrogen and oxygen atoms in total. The van der Waals surface area contributed by atoms with Crippen molar-refractivity contribution in [3.8, 4) is 0 Å². The average Bonchev–Trinajstić information content (AvgIpc) is 2.97. The van der Waals surface area contributed by atoms with Crippen LogP contribution in [0, 0.1) is 11.8 Å². The Hall–Kier alpha value is -0.770. The van der Waals surface area contributed by atoms with Crippen LogP contribution in [0.3, 0.4) is 0 Å². The van der Waals surface area contributed by atoms with Gasteiger partial charge in [0.05, 0.1) is 0 Å². The maximum Gasteiger partial charge on any atom is 0.407 e. The molecule has 2 fully saturated rings. The summed E-state index contributed by atoms with van der Waals surface area (Å²) in [7, 11) is 0. The van der Waals surface area contributed by atoms with Crippen molar-refractivity contribution in [1.82, 2.24) is 10.6 Å². The Kier molecular flexibility index (Phi) is 6.75. The molecule has 0 aromatic carbocycles. The van der Waals surface area contributed by atoms with Gasteiger partial charge < -0.3 is 15.4 Å². The van der Waals surface area contributed by atoms with Crippen LogP contribution in [0.2, 0.25) is 0 Å². The zero-order valence-corrected chi connectivity index (χ0v) is 15.5. The molecule has 2 aliphatic carbocycles. The SMILES string of the molecule is CC1CCCCC1NC(CNC(=O)OC(C)(C)C)C1CCCC1. The van der Waals surface area contributed by atoms with Gasteiger partial charge in [-0.05, 0) is 58.3 Å². The maximum atomic E-state index is 12.0. The van der Waals surface area contributed by atoms with Crippen LogP contribution < -0.4 is 10.6 Å². The van der Waals surface area contributed by atoms with Crippen molar-refractivity contribution in [2.75, 3.05) is 6.54 Å². The van der Waals surface area contributed by atoms with E-state index in [9.17, 15) is 4.79 Å². The highest BCUT2D eigenvalue weighted by atomic mass is 16.6. The van der Waals surface area contributed by atoms with Gasteiger partial charge in [-0.1, -0.05) is 32.6 Å². The monoisotopic (exact) mass is 324 g/mol. The fourth-order valence-corrected chi connectivity index (χ4v) is 4.07. The van der Waals surface area contributed by atoms with Gasteiger partial charge in [0, 0.05) is 18.6 Å². The van der Waals surface area contributed by atoms with Gasteiger partial charge in [-0.3, -0.25) is 0 Å². The number of alkyl carbamates (subject to hydrolysis) is 1. The number of carbonyl (C=O) groups is 1. The van der Waals surface area contributed by atoms with E-state index in [-0.39, 0.29) is 6.09 Å². The van der Waals surface area contributed by atoms with E-state index in [2.05, 4.69) is 17.6 Å². The standard InChI is InChI=1S/C19H36N2O2/c1-14-9-5-8-12-16(14)21-17(15-10-6-7-11-15)13-20-18(22)23-19(2,3)4/h14-17,21H,5-13H2,1-4H3,(H,20,22). The van der Waals surface area contributed by atoms with E-state index in [1.54, 1.807) is 0 Å². The molecule has 1 amide bonds. The van der Waals surface area contributed by atoms with Crippen LogP contribution in [-0.2, 0) is 4.74 Å². The summed E-state index contributed by atoms with van der Waals surface area (Å²) in [5.41, 5.74) is -0.432. The van der Waals surface area contributed by atoms with Crippen LogP contribution in [-0.4, -0.2) is 30.3 Å². The van der Waals surface area contributed by atoms with Crippen molar-refractivity contribution < 1.29 is 9.53 Å². The molecule has 2 aliphatic rings. The molecular formula is C19H36N2O2. The second kappa shape index (κ2) is 8.36. The van der Waals surface area contributed by atoms with Gasteiger partial charge in [0.1, 0.15) is 5.60 Å². The lowest BCUT2D eigenvalue weighted by molar-refractivity contribution is 0.0515. The first kappa shape index (κ1) is 18.6. The molecule has 23 heavy (non-hydrogen) atoms. The molecule has 2 N–H and O–H groups in total.